The molecule has 11 heteroatoms. The van der Waals surface area contributed by atoms with Crippen molar-refractivity contribution in [3.63, 3.8) is 0 Å². The molecule has 1 aliphatic rings. The second kappa shape index (κ2) is 12.2. The van der Waals surface area contributed by atoms with E-state index < -0.39 is 11.9 Å². The van der Waals surface area contributed by atoms with E-state index in [-0.39, 0.29) is 18.7 Å². The van der Waals surface area contributed by atoms with Crippen molar-refractivity contribution in [1.82, 2.24) is 14.9 Å². The molecule has 180 valence electrons. The van der Waals surface area contributed by atoms with Gasteiger partial charge >= 0.3 is 12.2 Å². The van der Waals surface area contributed by atoms with Crippen molar-refractivity contribution in [2.24, 2.45) is 0 Å². The zero-order valence-electron chi connectivity index (χ0n) is 18.5. The number of halogens is 3. The lowest BCUT2D eigenvalue weighted by atomic mass is 10.1. The van der Waals surface area contributed by atoms with Crippen LogP contribution < -0.4 is 9.64 Å². The third-order valence-electron chi connectivity index (χ3n) is 5.24. The van der Waals surface area contributed by atoms with Gasteiger partial charge in [0.2, 0.25) is 0 Å². The van der Waals surface area contributed by atoms with Gasteiger partial charge in [-0.3, -0.25) is 4.90 Å². The number of aromatic nitrogens is 2. The fourth-order valence-electron chi connectivity index (χ4n) is 3.57. The number of morpholine rings is 1. The highest BCUT2D eigenvalue weighted by molar-refractivity contribution is 5.47. The molecule has 8 nitrogen and oxygen atoms in total. The Morgan fingerprint density at radius 3 is 2.47 bits per heavy atom. The van der Waals surface area contributed by atoms with Gasteiger partial charge in [-0.15, -0.1) is 0 Å². The van der Waals surface area contributed by atoms with Gasteiger partial charge in [-0.1, -0.05) is 12.1 Å². The number of nitriles is 2. The molecule has 1 unspecified atom stereocenters. The van der Waals surface area contributed by atoms with Crippen LogP contribution in [-0.2, 0) is 17.5 Å². The van der Waals surface area contributed by atoms with Gasteiger partial charge in [0.25, 0.3) is 0 Å². The van der Waals surface area contributed by atoms with Crippen molar-refractivity contribution >= 4 is 5.69 Å². The third kappa shape index (κ3) is 7.58. The van der Waals surface area contributed by atoms with E-state index in [1.54, 1.807) is 0 Å². The zero-order valence-corrected chi connectivity index (χ0v) is 18.5. The van der Waals surface area contributed by atoms with Crippen molar-refractivity contribution < 1.29 is 22.6 Å². The molecule has 34 heavy (non-hydrogen) atoms. The highest BCUT2D eigenvalue weighted by atomic mass is 19.4. The van der Waals surface area contributed by atoms with Gasteiger partial charge in [-0.05, 0) is 23.8 Å². The molecule has 1 aliphatic heterocycles. The van der Waals surface area contributed by atoms with Crippen LogP contribution in [0.1, 0.15) is 24.1 Å². The number of benzene rings is 1. The molecule has 0 amide bonds. The molecule has 3 rings (SSSR count). The highest BCUT2D eigenvalue weighted by Crippen LogP contribution is 2.28. The second-order valence-corrected chi connectivity index (χ2v) is 7.73. The number of nitrogens with zero attached hydrogens (tertiary/aromatic N) is 6. The third-order valence-corrected chi connectivity index (χ3v) is 5.24. The molecular weight excluding hydrogens is 449 g/mol. The topological polar surface area (TPSA) is 98.3 Å². The average molecular weight is 474 g/mol. The summed E-state index contributed by atoms with van der Waals surface area (Å²) in [6, 6.07) is 12.7. The van der Waals surface area contributed by atoms with E-state index in [1.807, 2.05) is 29.2 Å². The van der Waals surface area contributed by atoms with Crippen LogP contribution in [0.2, 0.25) is 0 Å². The predicted molar refractivity (Wildman–Crippen MR) is 117 cm³/mol. The summed E-state index contributed by atoms with van der Waals surface area (Å²) in [7, 11) is 0. The Morgan fingerprint density at radius 2 is 1.82 bits per heavy atom. The second-order valence-electron chi connectivity index (χ2n) is 7.73. The average Bonchev–Trinajstić information content (AvgIpc) is 2.83. The molecular formula is C23H25F3N6O2. The number of hydrogen-bond donors (Lipinski definition) is 0. The fraction of sp³-hybridized carbons (Fsp3) is 0.478. The Bertz CT molecular complexity index is 985. The molecule has 0 bridgehead atoms. The summed E-state index contributed by atoms with van der Waals surface area (Å²) in [4.78, 5) is 11.4. The molecule has 0 N–H and O–H groups in total. The van der Waals surface area contributed by atoms with Crippen molar-refractivity contribution in [3.8, 4) is 18.1 Å². The van der Waals surface area contributed by atoms with Crippen molar-refractivity contribution in [1.29, 1.82) is 10.5 Å². The quantitative estimate of drug-likeness (QED) is 0.517. The molecule has 1 atom stereocenters. The summed E-state index contributed by atoms with van der Waals surface area (Å²) >= 11 is 0. The summed E-state index contributed by atoms with van der Waals surface area (Å²) in [5.74, 6) is 0. The first kappa shape index (κ1) is 25.2. The van der Waals surface area contributed by atoms with Gasteiger partial charge in [0.1, 0.15) is 12.7 Å². The van der Waals surface area contributed by atoms with Crippen molar-refractivity contribution in [3.05, 3.63) is 47.8 Å². The fourth-order valence-corrected chi connectivity index (χ4v) is 3.57. The monoisotopic (exact) mass is 474 g/mol. The molecule has 1 fully saturated rings. The standard InChI is InChI=1S/C23H25F3N6O2/c24-23(25,26)21-7-10-29-22(30-21)34-17-20-16-31(13-14-33-20)15-18-3-5-19(6-4-18)32(11-1-8-27)12-2-9-28/h3-7,10,20H,1-2,11-17H2. The number of rotatable bonds is 10. The predicted octanol–water partition coefficient (Wildman–Crippen LogP) is 3.41. The number of hydrogen-bond acceptors (Lipinski definition) is 8. The van der Waals surface area contributed by atoms with Crippen LogP contribution in [0.3, 0.4) is 0 Å². The Labute approximate surface area is 196 Å². The molecule has 1 aromatic heterocycles. The summed E-state index contributed by atoms with van der Waals surface area (Å²) in [5.41, 5.74) is 1.00. The van der Waals surface area contributed by atoms with E-state index in [2.05, 4.69) is 27.0 Å². The summed E-state index contributed by atoms with van der Waals surface area (Å²) in [5, 5.41) is 17.7. The molecule has 2 aromatic rings. The molecule has 0 aliphatic carbocycles. The largest absolute Gasteiger partial charge is 0.461 e. The Balaban J connectivity index is 1.52. The smallest absolute Gasteiger partial charge is 0.433 e. The van der Waals surface area contributed by atoms with Gasteiger partial charge in [0, 0.05) is 44.6 Å². The molecule has 1 aromatic carbocycles. The minimum absolute atomic E-state index is 0.0451. The maximum atomic E-state index is 12.8. The van der Waals surface area contributed by atoms with Crippen LogP contribution in [0.15, 0.2) is 36.5 Å². The Hall–Kier alpha value is -3.41. The maximum absolute atomic E-state index is 12.8. The van der Waals surface area contributed by atoms with Crippen LogP contribution in [0, 0.1) is 22.7 Å². The minimum atomic E-state index is -4.56. The lowest BCUT2D eigenvalue weighted by Gasteiger charge is -2.32. The zero-order chi connectivity index (χ0) is 24.4. The van der Waals surface area contributed by atoms with Crippen molar-refractivity contribution in [2.75, 3.05) is 44.3 Å². The first-order valence-electron chi connectivity index (χ1n) is 10.8. The molecule has 2 heterocycles. The first-order chi connectivity index (χ1) is 16.4. The highest BCUT2D eigenvalue weighted by Gasteiger charge is 2.33. The van der Waals surface area contributed by atoms with Gasteiger partial charge in [-0.2, -0.15) is 28.7 Å². The Kier molecular flexibility index (Phi) is 9.02. The summed E-state index contributed by atoms with van der Waals surface area (Å²) in [6.07, 6.45) is -3.09. The molecule has 0 saturated carbocycles. The van der Waals surface area contributed by atoms with Crippen LogP contribution in [-0.4, -0.2) is 60.4 Å². The van der Waals surface area contributed by atoms with Gasteiger partial charge < -0.3 is 14.4 Å². The van der Waals surface area contributed by atoms with Gasteiger partial charge in [-0.25, -0.2) is 4.98 Å². The Morgan fingerprint density at radius 1 is 1.12 bits per heavy atom. The van der Waals surface area contributed by atoms with E-state index in [1.165, 1.54) is 0 Å². The SMILES string of the molecule is N#CCCN(CCC#N)c1ccc(CN2CCOC(COc3nccc(C(F)(F)F)n3)C2)cc1. The van der Waals surface area contributed by atoms with Crippen molar-refractivity contribution in [2.45, 2.75) is 31.7 Å². The van der Waals surface area contributed by atoms with Crippen LogP contribution >= 0.6 is 0 Å². The van der Waals surface area contributed by atoms with Crippen LogP contribution in [0.5, 0.6) is 6.01 Å². The van der Waals surface area contributed by atoms with E-state index in [9.17, 15) is 13.2 Å². The molecule has 0 spiro atoms. The van der Waals surface area contributed by atoms with E-state index in [4.69, 9.17) is 20.0 Å². The summed E-state index contributed by atoms with van der Waals surface area (Å²) in [6.45, 7) is 3.61. The minimum Gasteiger partial charge on any atom is -0.461 e. The first-order valence-corrected chi connectivity index (χ1v) is 10.8. The molecule has 0 radical (unpaired) electrons. The maximum Gasteiger partial charge on any atom is 0.433 e. The summed E-state index contributed by atoms with van der Waals surface area (Å²) < 4.78 is 49.4. The van der Waals surface area contributed by atoms with Crippen LogP contribution in [0.4, 0.5) is 18.9 Å². The number of ether oxygens (including phenoxy) is 2. The lowest BCUT2D eigenvalue weighted by molar-refractivity contribution is -0.141. The van der Waals surface area contributed by atoms with E-state index >= 15 is 0 Å². The lowest BCUT2D eigenvalue weighted by Crippen LogP contribution is -2.44. The van der Waals surface area contributed by atoms with Crippen LogP contribution in [0.25, 0.3) is 0 Å². The van der Waals surface area contributed by atoms with E-state index in [0.717, 1.165) is 30.1 Å². The van der Waals surface area contributed by atoms with Gasteiger partial charge in [0.15, 0.2) is 5.69 Å². The number of anilines is 1. The normalized spacial score (nSPS) is 16.4. The van der Waals surface area contributed by atoms with Gasteiger partial charge in [0.05, 0.1) is 31.6 Å². The number of alkyl halides is 3. The molecule has 1 saturated heterocycles. The van der Waals surface area contributed by atoms with E-state index in [0.29, 0.717) is 45.6 Å².